The van der Waals surface area contributed by atoms with Gasteiger partial charge in [0.05, 0.1) is 10.6 Å². The summed E-state index contributed by atoms with van der Waals surface area (Å²) in [7, 11) is 0. The van der Waals surface area contributed by atoms with Crippen molar-refractivity contribution in [2.75, 3.05) is 10.6 Å². The molecule has 2 N–H and O–H groups in total. The molecule has 3 aromatic rings. The average Bonchev–Trinajstić information content (AvgIpc) is 3.54. The first-order valence-electron chi connectivity index (χ1n) is 9.28. The number of nitrogens with zero attached hydrogens (tertiary/aromatic N) is 1. The molecule has 0 unspecified atom stereocenters. The molecule has 7 heteroatoms. The lowest BCUT2D eigenvalue weighted by Crippen LogP contribution is -2.13. The van der Waals surface area contributed by atoms with Crippen LogP contribution >= 0.6 is 0 Å². The Bertz CT molecular complexity index is 1050. The van der Waals surface area contributed by atoms with Crippen molar-refractivity contribution in [3.05, 3.63) is 88.5 Å². The van der Waals surface area contributed by atoms with Crippen molar-refractivity contribution in [1.29, 1.82) is 0 Å². The van der Waals surface area contributed by atoms with Crippen molar-refractivity contribution in [3.63, 3.8) is 0 Å². The summed E-state index contributed by atoms with van der Waals surface area (Å²) >= 11 is 0. The lowest BCUT2D eigenvalue weighted by atomic mass is 10.1. The van der Waals surface area contributed by atoms with E-state index in [2.05, 4.69) is 10.6 Å². The van der Waals surface area contributed by atoms with Gasteiger partial charge in [0.15, 0.2) is 5.75 Å². The first-order chi connectivity index (χ1) is 14.1. The van der Waals surface area contributed by atoms with E-state index in [0.29, 0.717) is 22.9 Å². The van der Waals surface area contributed by atoms with Crippen molar-refractivity contribution < 1.29 is 14.5 Å². The summed E-state index contributed by atoms with van der Waals surface area (Å²) in [4.78, 5) is 23.7. The van der Waals surface area contributed by atoms with E-state index in [4.69, 9.17) is 4.74 Å². The number of carbonyl (C=O) groups excluding carboxylic acids is 1. The van der Waals surface area contributed by atoms with Gasteiger partial charge in [0, 0.05) is 17.7 Å². The zero-order valence-corrected chi connectivity index (χ0v) is 15.5. The molecule has 4 rings (SSSR count). The summed E-state index contributed by atoms with van der Waals surface area (Å²) in [5.41, 5.74) is 0.997. The van der Waals surface area contributed by atoms with Crippen LogP contribution in [0.15, 0.2) is 72.8 Å². The van der Waals surface area contributed by atoms with Crippen molar-refractivity contribution in [2.24, 2.45) is 0 Å². The molecule has 0 radical (unpaired) electrons. The highest BCUT2D eigenvalue weighted by Gasteiger charge is 2.25. The van der Waals surface area contributed by atoms with Crippen LogP contribution in [0.2, 0.25) is 0 Å². The minimum atomic E-state index is -0.478. The standard InChI is InChI=1S/C22H19N3O4/c26-22(15-10-13-18(23-16-11-12-16)20(14-15)25(27)28)24-19-8-4-5-9-21(19)29-17-6-2-1-3-7-17/h1-10,13-14,16,23H,11-12H2,(H,24,26). The molecule has 1 amide bonds. The third-order valence-corrected chi connectivity index (χ3v) is 4.50. The second-order valence-corrected chi connectivity index (χ2v) is 6.77. The molecule has 0 heterocycles. The fourth-order valence-electron chi connectivity index (χ4n) is 2.86. The predicted octanol–water partition coefficient (Wildman–Crippen LogP) is 5.21. The SMILES string of the molecule is O=C(Nc1ccccc1Oc1ccccc1)c1ccc(NC2CC2)c([N+](=O)[O-])c1. The topological polar surface area (TPSA) is 93.5 Å². The van der Waals surface area contributed by atoms with Gasteiger partial charge in [-0.1, -0.05) is 30.3 Å². The first kappa shape index (κ1) is 18.5. The quantitative estimate of drug-likeness (QED) is 0.427. The molecule has 29 heavy (non-hydrogen) atoms. The minimum Gasteiger partial charge on any atom is -0.455 e. The second kappa shape index (κ2) is 8.02. The van der Waals surface area contributed by atoms with Crippen LogP contribution in [0.1, 0.15) is 23.2 Å². The minimum absolute atomic E-state index is 0.113. The van der Waals surface area contributed by atoms with Crippen LogP contribution in [0.3, 0.4) is 0 Å². The maximum atomic E-state index is 12.7. The van der Waals surface area contributed by atoms with E-state index in [1.54, 1.807) is 36.4 Å². The number of nitro groups is 1. The Labute approximate surface area is 167 Å². The number of anilines is 2. The summed E-state index contributed by atoms with van der Waals surface area (Å²) in [6.07, 6.45) is 2.00. The van der Waals surface area contributed by atoms with E-state index in [-0.39, 0.29) is 17.3 Å². The van der Waals surface area contributed by atoms with E-state index in [1.807, 2.05) is 30.3 Å². The number of benzene rings is 3. The number of nitro benzene ring substituents is 1. The normalized spacial score (nSPS) is 12.8. The zero-order valence-electron chi connectivity index (χ0n) is 15.5. The van der Waals surface area contributed by atoms with E-state index < -0.39 is 10.8 Å². The second-order valence-electron chi connectivity index (χ2n) is 6.77. The van der Waals surface area contributed by atoms with Gasteiger partial charge in [0.2, 0.25) is 0 Å². The molecule has 1 aliphatic carbocycles. The molecule has 1 aliphatic rings. The molecule has 0 bridgehead atoms. The van der Waals surface area contributed by atoms with Crippen LogP contribution in [0.25, 0.3) is 0 Å². The van der Waals surface area contributed by atoms with E-state index >= 15 is 0 Å². The Morgan fingerprint density at radius 3 is 2.41 bits per heavy atom. The Kier molecular flexibility index (Phi) is 5.11. The predicted molar refractivity (Wildman–Crippen MR) is 111 cm³/mol. The Morgan fingerprint density at radius 1 is 0.966 bits per heavy atom. The number of carbonyl (C=O) groups is 1. The van der Waals surface area contributed by atoms with Crippen molar-refractivity contribution in [3.8, 4) is 11.5 Å². The first-order valence-corrected chi connectivity index (χ1v) is 9.28. The largest absolute Gasteiger partial charge is 0.455 e. The number of rotatable bonds is 7. The van der Waals surface area contributed by atoms with Gasteiger partial charge in [-0.05, 0) is 49.2 Å². The fraction of sp³-hybridized carbons (Fsp3) is 0.136. The number of nitrogens with one attached hydrogen (secondary N) is 2. The van der Waals surface area contributed by atoms with Gasteiger partial charge in [-0.2, -0.15) is 0 Å². The van der Waals surface area contributed by atoms with Crippen molar-refractivity contribution >= 4 is 23.0 Å². The summed E-state index contributed by atoms with van der Waals surface area (Å²) < 4.78 is 5.85. The summed E-state index contributed by atoms with van der Waals surface area (Å²) in [6.45, 7) is 0. The van der Waals surface area contributed by atoms with E-state index in [0.717, 1.165) is 12.8 Å². The molecule has 0 atom stereocenters. The highest BCUT2D eigenvalue weighted by molar-refractivity contribution is 6.05. The molecule has 146 valence electrons. The highest BCUT2D eigenvalue weighted by atomic mass is 16.6. The summed E-state index contributed by atoms with van der Waals surface area (Å²) in [6, 6.07) is 21.0. The molecule has 0 aliphatic heterocycles. The smallest absolute Gasteiger partial charge is 0.293 e. The van der Waals surface area contributed by atoms with E-state index in [1.165, 1.54) is 6.07 Å². The average molecular weight is 389 g/mol. The number of para-hydroxylation sites is 3. The van der Waals surface area contributed by atoms with Gasteiger partial charge >= 0.3 is 0 Å². The van der Waals surface area contributed by atoms with Gasteiger partial charge < -0.3 is 15.4 Å². The lowest BCUT2D eigenvalue weighted by molar-refractivity contribution is -0.384. The maximum absolute atomic E-state index is 12.7. The van der Waals surface area contributed by atoms with Crippen LogP contribution in [0.5, 0.6) is 11.5 Å². The Hall–Kier alpha value is -3.87. The van der Waals surface area contributed by atoms with Crippen LogP contribution in [0, 0.1) is 10.1 Å². The highest BCUT2D eigenvalue weighted by Crippen LogP contribution is 2.33. The van der Waals surface area contributed by atoms with Crippen LogP contribution < -0.4 is 15.4 Å². The van der Waals surface area contributed by atoms with Gasteiger partial charge in [-0.25, -0.2) is 0 Å². The Balaban J connectivity index is 1.55. The third kappa shape index (κ3) is 4.52. The third-order valence-electron chi connectivity index (χ3n) is 4.50. The van der Waals surface area contributed by atoms with Crippen LogP contribution in [-0.4, -0.2) is 16.9 Å². The molecule has 3 aromatic carbocycles. The fourth-order valence-corrected chi connectivity index (χ4v) is 2.86. The maximum Gasteiger partial charge on any atom is 0.293 e. The number of amides is 1. The number of hydrogen-bond donors (Lipinski definition) is 2. The van der Waals surface area contributed by atoms with Crippen LogP contribution in [-0.2, 0) is 0 Å². The molecule has 1 saturated carbocycles. The molecule has 7 nitrogen and oxygen atoms in total. The van der Waals surface area contributed by atoms with Gasteiger partial charge in [-0.3, -0.25) is 14.9 Å². The van der Waals surface area contributed by atoms with Crippen LogP contribution in [0.4, 0.5) is 17.1 Å². The molecule has 0 aromatic heterocycles. The molecular formula is C22H19N3O4. The van der Waals surface area contributed by atoms with Gasteiger partial charge in [-0.15, -0.1) is 0 Å². The molecule has 0 saturated heterocycles. The molecule has 0 spiro atoms. The molecule has 1 fully saturated rings. The number of hydrogen-bond acceptors (Lipinski definition) is 5. The lowest BCUT2D eigenvalue weighted by Gasteiger charge is -2.13. The monoisotopic (exact) mass is 389 g/mol. The van der Waals surface area contributed by atoms with Crippen molar-refractivity contribution in [1.82, 2.24) is 0 Å². The van der Waals surface area contributed by atoms with Gasteiger partial charge in [0.25, 0.3) is 11.6 Å². The number of ether oxygens (including phenoxy) is 1. The van der Waals surface area contributed by atoms with E-state index in [9.17, 15) is 14.9 Å². The summed E-state index contributed by atoms with van der Waals surface area (Å²) in [5, 5.41) is 17.3. The zero-order chi connectivity index (χ0) is 20.2. The van der Waals surface area contributed by atoms with Gasteiger partial charge in [0.1, 0.15) is 11.4 Å². The molecular weight excluding hydrogens is 370 g/mol. The summed E-state index contributed by atoms with van der Waals surface area (Å²) in [5.74, 6) is 0.670. The van der Waals surface area contributed by atoms with Crippen molar-refractivity contribution in [2.45, 2.75) is 18.9 Å². The Morgan fingerprint density at radius 2 is 1.69 bits per heavy atom.